The highest BCUT2D eigenvalue weighted by Crippen LogP contribution is 2.44. The van der Waals surface area contributed by atoms with Crippen LogP contribution in [0.5, 0.6) is 11.5 Å². The number of para-hydroxylation sites is 1. The smallest absolute Gasteiger partial charge is 0.320 e. The summed E-state index contributed by atoms with van der Waals surface area (Å²) in [6, 6.07) is 9.41. The number of methoxy groups -OCH3 is 2. The summed E-state index contributed by atoms with van der Waals surface area (Å²) in [5.41, 5.74) is 0.949. The van der Waals surface area contributed by atoms with Crippen LogP contribution in [0.3, 0.4) is 0 Å². The second-order valence-electron chi connectivity index (χ2n) is 6.38. The molecule has 1 aliphatic heterocycles. The van der Waals surface area contributed by atoms with Crippen molar-refractivity contribution in [2.45, 2.75) is 38.3 Å². The number of aryl methyl sites for hydroxylation is 1. The Morgan fingerprint density at radius 1 is 1.31 bits per heavy atom. The van der Waals surface area contributed by atoms with Crippen LogP contribution in [0.2, 0.25) is 0 Å². The first-order valence-electron chi connectivity index (χ1n) is 8.88. The molecule has 3 rings (SSSR count). The highest BCUT2D eigenvalue weighted by molar-refractivity contribution is 7.12. The maximum absolute atomic E-state index is 11.8. The van der Waals surface area contributed by atoms with E-state index >= 15 is 0 Å². The maximum Gasteiger partial charge on any atom is 0.320 e. The Labute approximate surface area is 158 Å². The minimum absolute atomic E-state index is 0.158. The largest absolute Gasteiger partial charge is 0.493 e. The van der Waals surface area contributed by atoms with E-state index < -0.39 is 12.0 Å². The second-order valence-corrected chi connectivity index (χ2v) is 7.58. The Morgan fingerprint density at radius 2 is 2.12 bits per heavy atom. The average Bonchev–Trinajstić information content (AvgIpc) is 3.31. The van der Waals surface area contributed by atoms with E-state index in [-0.39, 0.29) is 6.04 Å². The normalized spacial score (nSPS) is 18.7. The van der Waals surface area contributed by atoms with Gasteiger partial charge in [-0.1, -0.05) is 19.1 Å². The van der Waals surface area contributed by atoms with Crippen molar-refractivity contribution in [1.29, 1.82) is 0 Å². The number of likely N-dealkylation sites (tertiary alicyclic amines) is 1. The van der Waals surface area contributed by atoms with E-state index in [9.17, 15) is 9.90 Å². The van der Waals surface area contributed by atoms with Crippen LogP contribution in [-0.4, -0.2) is 42.8 Å². The van der Waals surface area contributed by atoms with Gasteiger partial charge in [0.05, 0.1) is 20.3 Å². The molecular weight excluding hydrogens is 350 g/mol. The molecule has 0 radical (unpaired) electrons. The summed E-state index contributed by atoms with van der Waals surface area (Å²) in [5, 5.41) is 9.71. The minimum atomic E-state index is -0.762. The third-order valence-corrected chi connectivity index (χ3v) is 6.22. The maximum atomic E-state index is 11.8. The third-order valence-electron chi connectivity index (χ3n) is 4.94. The molecule has 0 saturated carbocycles. The number of hydrogen-bond acceptors (Lipinski definition) is 5. The number of ether oxygens (including phenoxy) is 2. The number of hydrogen-bond donors (Lipinski definition) is 1. The zero-order chi connectivity index (χ0) is 18.7. The van der Waals surface area contributed by atoms with Crippen molar-refractivity contribution in [3.8, 4) is 11.5 Å². The zero-order valence-corrected chi connectivity index (χ0v) is 16.2. The summed E-state index contributed by atoms with van der Waals surface area (Å²) in [4.78, 5) is 16.3. The van der Waals surface area contributed by atoms with Crippen molar-refractivity contribution in [3.63, 3.8) is 0 Å². The summed E-state index contributed by atoms with van der Waals surface area (Å²) < 4.78 is 11.1. The minimum Gasteiger partial charge on any atom is -0.493 e. The average molecular weight is 375 g/mol. The molecule has 0 amide bonds. The number of nitrogens with zero attached hydrogens (tertiary/aromatic N) is 1. The molecule has 2 atom stereocenters. The molecular formula is C20H25NO4S. The molecule has 2 aromatic rings. The van der Waals surface area contributed by atoms with E-state index in [1.807, 2.05) is 18.2 Å². The Morgan fingerprint density at radius 3 is 2.73 bits per heavy atom. The summed E-state index contributed by atoms with van der Waals surface area (Å²) in [5.74, 6) is 0.567. The fourth-order valence-electron chi connectivity index (χ4n) is 3.72. The molecule has 0 aliphatic carbocycles. The number of rotatable bonds is 7. The van der Waals surface area contributed by atoms with Crippen LogP contribution >= 0.6 is 11.3 Å². The monoisotopic (exact) mass is 375 g/mol. The quantitative estimate of drug-likeness (QED) is 0.794. The van der Waals surface area contributed by atoms with Gasteiger partial charge in [0.25, 0.3) is 0 Å². The third kappa shape index (κ3) is 3.44. The van der Waals surface area contributed by atoms with E-state index in [4.69, 9.17) is 9.47 Å². The van der Waals surface area contributed by atoms with Crippen molar-refractivity contribution in [1.82, 2.24) is 4.90 Å². The molecule has 1 aromatic heterocycles. The van der Waals surface area contributed by atoms with Gasteiger partial charge in [0.2, 0.25) is 0 Å². The van der Waals surface area contributed by atoms with E-state index in [2.05, 4.69) is 24.0 Å². The summed E-state index contributed by atoms with van der Waals surface area (Å²) >= 11 is 1.74. The highest BCUT2D eigenvalue weighted by Gasteiger charge is 2.38. The molecule has 140 valence electrons. The van der Waals surface area contributed by atoms with Gasteiger partial charge in [-0.3, -0.25) is 9.69 Å². The highest BCUT2D eigenvalue weighted by atomic mass is 32.1. The predicted octanol–water partition coefficient (Wildman–Crippen LogP) is 3.97. The molecule has 2 heterocycles. The Kier molecular flexibility index (Phi) is 5.84. The molecule has 1 aromatic carbocycles. The molecule has 1 fully saturated rings. The standard InChI is InChI=1S/C20H25NO4S/c1-4-13-10-11-17(26-13)18(21-12-6-8-15(21)20(22)23)14-7-5-9-16(24-2)19(14)25-3/h5,7,9-11,15,18H,4,6,8,12H2,1-3H3,(H,22,23). The number of carboxylic acids is 1. The van der Waals surface area contributed by atoms with Gasteiger partial charge in [-0.25, -0.2) is 0 Å². The molecule has 1 saturated heterocycles. The summed E-state index contributed by atoms with van der Waals surface area (Å²) in [6.07, 6.45) is 2.52. The zero-order valence-electron chi connectivity index (χ0n) is 15.4. The molecule has 0 bridgehead atoms. The second kappa shape index (κ2) is 8.10. The van der Waals surface area contributed by atoms with Gasteiger partial charge >= 0.3 is 5.97 Å². The number of carboxylic acid groups (broad SMARTS) is 1. The van der Waals surface area contributed by atoms with Gasteiger partial charge in [0.15, 0.2) is 11.5 Å². The van der Waals surface area contributed by atoms with E-state index in [0.717, 1.165) is 29.8 Å². The van der Waals surface area contributed by atoms with Crippen LogP contribution in [-0.2, 0) is 11.2 Å². The SMILES string of the molecule is CCc1ccc(C(c2cccc(OC)c2OC)N2CCCC2C(=O)O)s1. The van der Waals surface area contributed by atoms with Crippen molar-refractivity contribution in [2.75, 3.05) is 20.8 Å². The molecule has 1 aliphatic rings. The lowest BCUT2D eigenvalue weighted by Crippen LogP contribution is -2.39. The number of aliphatic carboxylic acids is 1. The lowest BCUT2D eigenvalue weighted by molar-refractivity contribution is -0.142. The van der Waals surface area contributed by atoms with Crippen LogP contribution in [0.15, 0.2) is 30.3 Å². The van der Waals surface area contributed by atoms with Crippen LogP contribution in [0.25, 0.3) is 0 Å². The van der Waals surface area contributed by atoms with Crippen LogP contribution in [0.1, 0.15) is 41.1 Å². The summed E-state index contributed by atoms with van der Waals surface area (Å²) in [6.45, 7) is 2.88. The Balaban J connectivity index is 2.14. The molecule has 26 heavy (non-hydrogen) atoms. The van der Waals surface area contributed by atoms with E-state index in [0.29, 0.717) is 17.9 Å². The lowest BCUT2D eigenvalue weighted by atomic mass is 10.0. The Bertz CT molecular complexity index is 773. The van der Waals surface area contributed by atoms with E-state index in [1.54, 1.807) is 25.6 Å². The molecule has 6 heteroatoms. The van der Waals surface area contributed by atoms with Crippen LogP contribution in [0, 0.1) is 0 Å². The van der Waals surface area contributed by atoms with E-state index in [1.165, 1.54) is 4.88 Å². The van der Waals surface area contributed by atoms with Gasteiger partial charge < -0.3 is 14.6 Å². The summed E-state index contributed by atoms with van der Waals surface area (Å²) in [7, 11) is 3.25. The van der Waals surface area contributed by atoms with Crippen molar-refractivity contribution < 1.29 is 19.4 Å². The van der Waals surface area contributed by atoms with Gasteiger partial charge in [-0.05, 0) is 37.5 Å². The molecule has 5 nitrogen and oxygen atoms in total. The number of benzene rings is 1. The first-order valence-corrected chi connectivity index (χ1v) is 9.70. The molecule has 1 N–H and O–H groups in total. The van der Waals surface area contributed by atoms with Crippen molar-refractivity contribution in [2.24, 2.45) is 0 Å². The van der Waals surface area contributed by atoms with Gasteiger partial charge in [-0.15, -0.1) is 11.3 Å². The van der Waals surface area contributed by atoms with Crippen molar-refractivity contribution >= 4 is 17.3 Å². The first-order chi connectivity index (χ1) is 12.6. The number of thiophene rings is 1. The first kappa shape index (κ1) is 18.7. The predicted molar refractivity (Wildman–Crippen MR) is 102 cm³/mol. The number of carbonyl (C=O) groups is 1. The van der Waals surface area contributed by atoms with Crippen molar-refractivity contribution in [3.05, 3.63) is 45.6 Å². The topological polar surface area (TPSA) is 59.0 Å². The Hall–Kier alpha value is -2.05. The van der Waals surface area contributed by atoms with Gasteiger partial charge in [-0.2, -0.15) is 0 Å². The van der Waals surface area contributed by atoms with Gasteiger partial charge in [0.1, 0.15) is 6.04 Å². The van der Waals surface area contributed by atoms with Crippen LogP contribution in [0.4, 0.5) is 0 Å². The van der Waals surface area contributed by atoms with Crippen LogP contribution < -0.4 is 9.47 Å². The van der Waals surface area contributed by atoms with Gasteiger partial charge in [0, 0.05) is 21.9 Å². The lowest BCUT2D eigenvalue weighted by Gasteiger charge is -2.32. The fraction of sp³-hybridized carbons (Fsp3) is 0.450. The fourth-order valence-corrected chi connectivity index (χ4v) is 4.81. The molecule has 2 unspecified atom stereocenters. The molecule has 0 spiro atoms.